The zero-order valence-corrected chi connectivity index (χ0v) is 13.9. The number of halogens is 1. The number of hydrogen-bond acceptors (Lipinski definition) is 3. The Morgan fingerprint density at radius 1 is 1.24 bits per heavy atom. The number of fused-ring (bicyclic) bond motifs is 1. The molecule has 25 heavy (non-hydrogen) atoms. The summed E-state index contributed by atoms with van der Waals surface area (Å²) in [5.41, 5.74) is 4.51. The molecule has 5 heteroatoms. The Morgan fingerprint density at radius 2 is 2.12 bits per heavy atom. The second-order valence-corrected chi connectivity index (χ2v) is 6.31. The lowest BCUT2D eigenvalue weighted by Crippen LogP contribution is -2.09. The number of aromatic amines is 1. The van der Waals surface area contributed by atoms with Crippen LogP contribution < -0.4 is 4.74 Å². The van der Waals surface area contributed by atoms with Crippen LogP contribution in [0.15, 0.2) is 42.6 Å². The van der Waals surface area contributed by atoms with Gasteiger partial charge in [0.2, 0.25) is 0 Å². The summed E-state index contributed by atoms with van der Waals surface area (Å²) in [7, 11) is 1.58. The van der Waals surface area contributed by atoms with Crippen LogP contribution in [-0.4, -0.2) is 28.3 Å². The van der Waals surface area contributed by atoms with Gasteiger partial charge >= 0.3 is 0 Å². The van der Waals surface area contributed by atoms with E-state index in [1.165, 1.54) is 17.7 Å². The summed E-state index contributed by atoms with van der Waals surface area (Å²) in [6.45, 7) is 0. The molecule has 3 aromatic rings. The Hall–Kier alpha value is -2.66. The molecule has 1 atom stereocenters. The lowest BCUT2D eigenvalue weighted by Gasteiger charge is -2.16. The smallest absolute Gasteiger partial charge is 0.138 e. The predicted molar refractivity (Wildman–Crippen MR) is 95.9 cm³/mol. The second-order valence-electron chi connectivity index (χ2n) is 6.31. The molecule has 0 radical (unpaired) electrons. The van der Waals surface area contributed by atoms with Crippen LogP contribution in [0.4, 0.5) is 4.39 Å². The van der Waals surface area contributed by atoms with E-state index in [0.29, 0.717) is 17.7 Å². The van der Waals surface area contributed by atoms with E-state index in [9.17, 15) is 9.50 Å². The van der Waals surface area contributed by atoms with Gasteiger partial charge in [0, 0.05) is 22.8 Å². The highest BCUT2D eigenvalue weighted by atomic mass is 19.1. The molecule has 1 aliphatic rings. The number of benzene rings is 1. The molecule has 1 aromatic carbocycles. The maximum atomic E-state index is 13.8. The Bertz CT molecular complexity index is 961. The molecule has 2 aromatic heterocycles. The third-order valence-electron chi connectivity index (χ3n) is 4.71. The minimum Gasteiger partial charge on any atom is -0.496 e. The fourth-order valence-electron chi connectivity index (χ4n) is 3.39. The van der Waals surface area contributed by atoms with E-state index < -0.39 is 0 Å². The Kier molecular flexibility index (Phi) is 4.01. The van der Waals surface area contributed by atoms with Crippen molar-refractivity contribution in [1.29, 1.82) is 0 Å². The van der Waals surface area contributed by atoms with Crippen molar-refractivity contribution in [2.45, 2.75) is 25.4 Å². The minimum absolute atomic E-state index is 0.252. The molecule has 0 aliphatic heterocycles. The Balaban J connectivity index is 1.85. The third kappa shape index (κ3) is 2.91. The fraction of sp³-hybridized carbons (Fsp3) is 0.250. The average Bonchev–Trinajstić information content (AvgIpc) is 3.06. The number of H-pyrrole nitrogens is 1. The van der Waals surface area contributed by atoms with Crippen molar-refractivity contribution >= 4 is 16.6 Å². The molecule has 2 heterocycles. The number of aliphatic hydroxyl groups is 1. The highest BCUT2D eigenvalue weighted by molar-refractivity contribution is 5.96. The van der Waals surface area contributed by atoms with Crippen molar-refractivity contribution in [3.63, 3.8) is 0 Å². The number of allylic oxidation sites excluding steroid dienone is 1. The Morgan fingerprint density at radius 3 is 2.88 bits per heavy atom. The number of nitrogens with zero attached hydrogens (tertiary/aromatic N) is 1. The van der Waals surface area contributed by atoms with Gasteiger partial charge in [-0.3, -0.25) is 0 Å². The summed E-state index contributed by atoms with van der Waals surface area (Å²) in [4.78, 5) is 7.76. The number of rotatable bonds is 3. The minimum atomic E-state index is -0.305. The SMILES string of the molecule is COc1ccc(F)cc1-c1ccnc2[nH]c(C3=CCC(O)CC3)cc12. The van der Waals surface area contributed by atoms with Crippen molar-refractivity contribution in [2.75, 3.05) is 7.11 Å². The van der Waals surface area contributed by atoms with Crippen molar-refractivity contribution in [1.82, 2.24) is 9.97 Å². The summed E-state index contributed by atoms with van der Waals surface area (Å²) in [5.74, 6) is 0.317. The summed E-state index contributed by atoms with van der Waals surface area (Å²) in [6.07, 6.45) is 5.79. The topological polar surface area (TPSA) is 58.1 Å². The van der Waals surface area contributed by atoms with Gasteiger partial charge in [-0.2, -0.15) is 0 Å². The average molecular weight is 338 g/mol. The summed E-state index contributed by atoms with van der Waals surface area (Å²) >= 11 is 0. The molecule has 1 aliphatic carbocycles. The fourth-order valence-corrected chi connectivity index (χ4v) is 3.39. The zero-order chi connectivity index (χ0) is 17.4. The van der Waals surface area contributed by atoms with Crippen molar-refractivity contribution in [2.24, 2.45) is 0 Å². The van der Waals surface area contributed by atoms with Crippen molar-refractivity contribution < 1.29 is 14.2 Å². The van der Waals surface area contributed by atoms with Gasteiger partial charge in [0.1, 0.15) is 17.2 Å². The maximum absolute atomic E-state index is 13.8. The van der Waals surface area contributed by atoms with Crippen LogP contribution in [0, 0.1) is 5.82 Å². The van der Waals surface area contributed by atoms with Gasteiger partial charge in [0.05, 0.1) is 13.2 Å². The first kappa shape index (κ1) is 15.8. The molecule has 0 spiro atoms. The van der Waals surface area contributed by atoms with Gasteiger partial charge in [-0.05, 0) is 60.7 Å². The molecule has 0 amide bonds. The number of ether oxygens (including phenoxy) is 1. The Labute approximate surface area is 145 Å². The van der Waals surface area contributed by atoms with Gasteiger partial charge < -0.3 is 14.8 Å². The van der Waals surface area contributed by atoms with Crippen LogP contribution in [-0.2, 0) is 0 Å². The highest BCUT2D eigenvalue weighted by Gasteiger charge is 2.17. The van der Waals surface area contributed by atoms with Gasteiger partial charge in [-0.1, -0.05) is 6.08 Å². The lowest BCUT2D eigenvalue weighted by atomic mass is 9.95. The standard InChI is InChI=1S/C20H19FN2O2/c1-25-19-7-4-13(21)10-16(19)15-8-9-22-20-17(15)11-18(23-20)12-2-5-14(24)6-3-12/h2,4,7-11,14,24H,3,5-6H2,1H3,(H,22,23). The quantitative estimate of drug-likeness (QED) is 0.748. The van der Waals surface area contributed by atoms with E-state index in [-0.39, 0.29) is 11.9 Å². The molecular formula is C20H19FN2O2. The normalized spacial score (nSPS) is 17.6. The number of hydrogen-bond donors (Lipinski definition) is 2. The number of aliphatic hydroxyl groups excluding tert-OH is 1. The molecule has 2 N–H and O–H groups in total. The number of aromatic nitrogens is 2. The first-order valence-corrected chi connectivity index (χ1v) is 8.35. The molecule has 0 fully saturated rings. The van der Waals surface area contributed by atoms with E-state index in [1.807, 2.05) is 12.1 Å². The van der Waals surface area contributed by atoms with Gasteiger partial charge in [-0.25, -0.2) is 9.37 Å². The summed E-state index contributed by atoms with van der Waals surface area (Å²) in [5, 5.41) is 10.6. The molecule has 0 saturated carbocycles. The number of methoxy groups -OCH3 is 1. The summed E-state index contributed by atoms with van der Waals surface area (Å²) in [6, 6.07) is 8.43. The van der Waals surface area contributed by atoms with Crippen LogP contribution in [0.2, 0.25) is 0 Å². The molecule has 4 nitrogen and oxygen atoms in total. The first-order chi connectivity index (χ1) is 12.2. The van der Waals surface area contributed by atoms with Gasteiger partial charge in [-0.15, -0.1) is 0 Å². The van der Waals surface area contributed by atoms with E-state index in [1.54, 1.807) is 19.4 Å². The van der Waals surface area contributed by atoms with Crippen LogP contribution in [0.1, 0.15) is 25.0 Å². The van der Waals surface area contributed by atoms with E-state index in [0.717, 1.165) is 35.1 Å². The number of pyridine rings is 1. The second kappa shape index (κ2) is 6.33. The largest absolute Gasteiger partial charge is 0.496 e. The monoisotopic (exact) mass is 338 g/mol. The van der Waals surface area contributed by atoms with Crippen LogP contribution >= 0.6 is 0 Å². The molecule has 0 saturated heterocycles. The van der Waals surface area contributed by atoms with E-state index in [4.69, 9.17) is 4.74 Å². The molecule has 1 unspecified atom stereocenters. The highest BCUT2D eigenvalue weighted by Crippen LogP contribution is 2.37. The molecule has 4 rings (SSSR count). The van der Waals surface area contributed by atoms with Crippen molar-refractivity contribution in [3.05, 3.63) is 54.1 Å². The number of nitrogens with one attached hydrogen (secondary N) is 1. The third-order valence-corrected chi connectivity index (χ3v) is 4.71. The maximum Gasteiger partial charge on any atom is 0.138 e. The predicted octanol–water partition coefficient (Wildman–Crippen LogP) is 4.31. The van der Waals surface area contributed by atoms with Crippen molar-refractivity contribution in [3.8, 4) is 16.9 Å². The van der Waals surface area contributed by atoms with Crippen LogP contribution in [0.25, 0.3) is 27.7 Å². The van der Waals surface area contributed by atoms with E-state index in [2.05, 4.69) is 16.0 Å². The van der Waals surface area contributed by atoms with Crippen LogP contribution in [0.3, 0.4) is 0 Å². The molecule has 0 bridgehead atoms. The lowest BCUT2D eigenvalue weighted by molar-refractivity contribution is 0.166. The van der Waals surface area contributed by atoms with Crippen LogP contribution in [0.5, 0.6) is 5.75 Å². The van der Waals surface area contributed by atoms with Gasteiger partial charge in [0.15, 0.2) is 0 Å². The molecule has 128 valence electrons. The first-order valence-electron chi connectivity index (χ1n) is 8.35. The van der Waals surface area contributed by atoms with E-state index >= 15 is 0 Å². The molecular weight excluding hydrogens is 319 g/mol. The summed E-state index contributed by atoms with van der Waals surface area (Å²) < 4.78 is 19.2. The zero-order valence-electron chi connectivity index (χ0n) is 13.9. The van der Waals surface area contributed by atoms with Gasteiger partial charge in [0.25, 0.3) is 0 Å².